The zero-order valence-corrected chi connectivity index (χ0v) is 13.0. The van der Waals surface area contributed by atoms with Gasteiger partial charge < -0.3 is 10.5 Å². The van der Waals surface area contributed by atoms with Crippen molar-refractivity contribution < 1.29 is 13.9 Å². The van der Waals surface area contributed by atoms with Crippen LogP contribution in [0.15, 0.2) is 29.6 Å². The van der Waals surface area contributed by atoms with Gasteiger partial charge in [0.05, 0.1) is 17.8 Å². The van der Waals surface area contributed by atoms with Crippen LogP contribution in [0.5, 0.6) is 0 Å². The van der Waals surface area contributed by atoms with E-state index < -0.39 is 11.8 Å². The van der Waals surface area contributed by atoms with Gasteiger partial charge in [-0.3, -0.25) is 0 Å². The van der Waals surface area contributed by atoms with Gasteiger partial charge in [0, 0.05) is 15.6 Å². The summed E-state index contributed by atoms with van der Waals surface area (Å²) in [5.41, 5.74) is 5.68. The molecule has 3 rings (SSSR count). The van der Waals surface area contributed by atoms with Gasteiger partial charge in [-0.05, 0) is 17.5 Å². The number of aromatic nitrogens is 1. The van der Waals surface area contributed by atoms with Gasteiger partial charge in [0.1, 0.15) is 5.69 Å². The van der Waals surface area contributed by atoms with Gasteiger partial charge in [0.15, 0.2) is 11.5 Å². The summed E-state index contributed by atoms with van der Waals surface area (Å²) in [7, 11) is 1.19. The summed E-state index contributed by atoms with van der Waals surface area (Å²) in [4.78, 5) is 15.8. The van der Waals surface area contributed by atoms with E-state index in [-0.39, 0.29) is 22.1 Å². The van der Waals surface area contributed by atoms with Crippen molar-refractivity contribution in [2.75, 3.05) is 12.8 Å². The number of ether oxygens (including phenoxy) is 1. The number of carbonyl (C=O) groups excluding carboxylic acids is 1. The Hall–Kier alpha value is -2.18. The van der Waals surface area contributed by atoms with Crippen LogP contribution in [-0.4, -0.2) is 18.1 Å². The minimum Gasteiger partial charge on any atom is -0.464 e. The third-order valence-electron chi connectivity index (χ3n) is 3.24. The van der Waals surface area contributed by atoms with Gasteiger partial charge in [-0.2, -0.15) is 0 Å². The molecule has 22 heavy (non-hydrogen) atoms. The Labute approximate surface area is 134 Å². The molecule has 2 aromatic heterocycles. The maximum absolute atomic E-state index is 14.5. The maximum atomic E-state index is 14.5. The molecular formula is C15H10ClFN2O2S. The topological polar surface area (TPSA) is 65.2 Å². The van der Waals surface area contributed by atoms with Crippen molar-refractivity contribution in [2.24, 2.45) is 0 Å². The number of halogens is 2. The smallest absolute Gasteiger partial charge is 0.358 e. The SMILES string of the molecule is COC(=O)c1nc(-c2cccc3sccc23)c(F)c(N)c1Cl. The van der Waals surface area contributed by atoms with Gasteiger partial charge in [-0.15, -0.1) is 11.3 Å². The van der Waals surface area contributed by atoms with Crippen molar-refractivity contribution in [3.8, 4) is 11.3 Å². The molecule has 0 bridgehead atoms. The van der Waals surface area contributed by atoms with E-state index in [4.69, 9.17) is 17.3 Å². The molecule has 2 heterocycles. The molecule has 2 N–H and O–H groups in total. The summed E-state index contributed by atoms with van der Waals surface area (Å²) in [5.74, 6) is -1.52. The molecule has 7 heteroatoms. The van der Waals surface area contributed by atoms with Crippen LogP contribution in [-0.2, 0) is 4.74 Å². The number of carbonyl (C=O) groups is 1. The molecule has 0 saturated carbocycles. The monoisotopic (exact) mass is 336 g/mol. The minimum absolute atomic E-state index is 0.0219. The fraction of sp³-hybridized carbons (Fsp3) is 0.0667. The van der Waals surface area contributed by atoms with E-state index in [1.165, 1.54) is 18.4 Å². The lowest BCUT2D eigenvalue weighted by Crippen LogP contribution is -2.10. The molecule has 0 atom stereocenters. The number of thiophene rings is 1. The first-order chi connectivity index (χ1) is 10.5. The number of esters is 1. The number of rotatable bonds is 2. The highest BCUT2D eigenvalue weighted by molar-refractivity contribution is 7.17. The summed E-state index contributed by atoms with van der Waals surface area (Å²) < 4.78 is 20.1. The summed E-state index contributed by atoms with van der Waals surface area (Å²) in [6.07, 6.45) is 0. The fourth-order valence-electron chi connectivity index (χ4n) is 2.17. The average Bonchev–Trinajstić information content (AvgIpc) is 3.01. The Bertz CT molecular complexity index is 895. The second kappa shape index (κ2) is 5.55. The van der Waals surface area contributed by atoms with Gasteiger partial charge in [-0.1, -0.05) is 23.7 Å². The van der Waals surface area contributed by atoms with Crippen LogP contribution < -0.4 is 5.73 Å². The van der Waals surface area contributed by atoms with E-state index in [1.807, 2.05) is 17.5 Å². The summed E-state index contributed by atoms with van der Waals surface area (Å²) in [6.45, 7) is 0. The maximum Gasteiger partial charge on any atom is 0.358 e. The van der Waals surface area contributed by atoms with Gasteiger partial charge >= 0.3 is 5.97 Å². The molecule has 0 radical (unpaired) electrons. The number of nitrogen functional groups attached to an aromatic ring is 1. The molecule has 0 unspecified atom stereocenters. The van der Waals surface area contributed by atoms with Crippen molar-refractivity contribution in [1.82, 2.24) is 4.98 Å². The number of methoxy groups -OCH3 is 1. The van der Waals surface area contributed by atoms with Crippen molar-refractivity contribution in [3.63, 3.8) is 0 Å². The Kier molecular flexibility index (Phi) is 3.72. The number of hydrogen-bond donors (Lipinski definition) is 1. The molecule has 0 saturated heterocycles. The van der Waals surface area contributed by atoms with E-state index in [0.29, 0.717) is 5.56 Å². The molecule has 0 aliphatic rings. The summed E-state index contributed by atoms with van der Waals surface area (Å²) >= 11 is 7.43. The van der Waals surface area contributed by atoms with Gasteiger partial charge in [0.25, 0.3) is 0 Å². The highest BCUT2D eigenvalue weighted by Crippen LogP contribution is 2.36. The largest absolute Gasteiger partial charge is 0.464 e. The molecule has 0 spiro atoms. The van der Waals surface area contributed by atoms with E-state index >= 15 is 0 Å². The van der Waals surface area contributed by atoms with Crippen molar-refractivity contribution in [2.45, 2.75) is 0 Å². The highest BCUT2D eigenvalue weighted by Gasteiger charge is 2.23. The Morgan fingerprint density at radius 1 is 1.41 bits per heavy atom. The van der Waals surface area contributed by atoms with Crippen LogP contribution in [0.25, 0.3) is 21.3 Å². The molecule has 0 aliphatic carbocycles. The standard InChI is InChI=1S/C15H10ClFN2O2S/c1-21-15(20)14-10(16)12(18)11(17)13(19-14)8-3-2-4-9-7(8)5-6-22-9/h2-6H,1H3,(H2,18,19). The first-order valence-electron chi connectivity index (χ1n) is 6.24. The zero-order valence-electron chi connectivity index (χ0n) is 11.4. The molecule has 1 aromatic carbocycles. The molecule has 3 aromatic rings. The molecule has 4 nitrogen and oxygen atoms in total. The van der Waals surface area contributed by atoms with E-state index in [1.54, 1.807) is 12.1 Å². The molecular weight excluding hydrogens is 327 g/mol. The number of nitrogens with two attached hydrogens (primary N) is 1. The van der Waals surface area contributed by atoms with Crippen molar-refractivity contribution in [1.29, 1.82) is 0 Å². The molecule has 0 fully saturated rings. The lowest BCUT2D eigenvalue weighted by atomic mass is 10.1. The molecule has 0 amide bonds. The van der Waals surface area contributed by atoms with Crippen molar-refractivity contribution >= 4 is 44.7 Å². The first kappa shape index (κ1) is 14.7. The Morgan fingerprint density at radius 2 is 2.18 bits per heavy atom. The van der Waals surface area contributed by atoms with Crippen LogP contribution in [0.1, 0.15) is 10.5 Å². The predicted octanol–water partition coefficient (Wildman–Crippen LogP) is 4.12. The summed E-state index contributed by atoms with van der Waals surface area (Å²) in [6, 6.07) is 7.29. The Balaban J connectivity index is 2.33. The number of hydrogen-bond acceptors (Lipinski definition) is 5. The van der Waals surface area contributed by atoms with E-state index in [0.717, 1.165) is 10.1 Å². The normalized spacial score (nSPS) is 10.9. The van der Waals surface area contributed by atoms with Crippen LogP contribution in [0.2, 0.25) is 5.02 Å². The third kappa shape index (κ3) is 2.20. The molecule has 112 valence electrons. The number of nitrogens with zero attached hydrogens (tertiary/aromatic N) is 1. The fourth-order valence-corrected chi connectivity index (χ4v) is 3.19. The second-order valence-corrected chi connectivity index (χ2v) is 5.81. The van der Waals surface area contributed by atoms with Crippen LogP contribution >= 0.6 is 22.9 Å². The lowest BCUT2D eigenvalue weighted by molar-refractivity contribution is 0.0594. The lowest BCUT2D eigenvalue weighted by Gasteiger charge is -2.11. The number of fused-ring (bicyclic) bond motifs is 1. The summed E-state index contributed by atoms with van der Waals surface area (Å²) in [5, 5.41) is 2.48. The Morgan fingerprint density at radius 3 is 2.91 bits per heavy atom. The number of benzene rings is 1. The predicted molar refractivity (Wildman–Crippen MR) is 85.8 cm³/mol. The van der Waals surface area contributed by atoms with Crippen LogP contribution in [0.4, 0.5) is 10.1 Å². The first-order valence-corrected chi connectivity index (χ1v) is 7.49. The van der Waals surface area contributed by atoms with Crippen molar-refractivity contribution in [3.05, 3.63) is 46.2 Å². The van der Waals surface area contributed by atoms with Gasteiger partial charge in [0.2, 0.25) is 0 Å². The van der Waals surface area contributed by atoms with Crippen LogP contribution in [0.3, 0.4) is 0 Å². The zero-order chi connectivity index (χ0) is 15.9. The van der Waals surface area contributed by atoms with E-state index in [2.05, 4.69) is 9.72 Å². The minimum atomic E-state index is -0.768. The van der Waals surface area contributed by atoms with E-state index in [9.17, 15) is 9.18 Å². The molecule has 0 aliphatic heterocycles. The van der Waals surface area contributed by atoms with Gasteiger partial charge in [-0.25, -0.2) is 14.2 Å². The average molecular weight is 337 g/mol. The second-order valence-electron chi connectivity index (χ2n) is 4.48. The van der Waals surface area contributed by atoms with Crippen LogP contribution in [0, 0.1) is 5.82 Å². The number of pyridine rings is 1. The third-order valence-corrected chi connectivity index (χ3v) is 4.51. The quantitative estimate of drug-likeness (QED) is 0.715. The highest BCUT2D eigenvalue weighted by atomic mass is 35.5. The number of anilines is 1.